The number of ether oxygens (including phenoxy) is 2. The van der Waals surface area contributed by atoms with Gasteiger partial charge in [-0.05, 0) is 12.0 Å². The first-order valence-electron chi connectivity index (χ1n) is 6.31. The van der Waals surface area contributed by atoms with Gasteiger partial charge in [0, 0.05) is 33.2 Å². The van der Waals surface area contributed by atoms with E-state index in [0.717, 1.165) is 12.1 Å². The number of aryl methyl sites for hydroxylation is 1. The smallest absolute Gasteiger partial charge is 0.134 e. The van der Waals surface area contributed by atoms with Crippen LogP contribution in [0.15, 0.2) is 18.7 Å². The highest BCUT2D eigenvalue weighted by Crippen LogP contribution is 2.19. The maximum absolute atomic E-state index is 5.33. The minimum atomic E-state index is -0.349. The van der Waals surface area contributed by atoms with Crippen LogP contribution >= 0.6 is 0 Å². The molecule has 17 heavy (non-hydrogen) atoms. The molecular weight excluding hydrogens is 232 g/mol. The van der Waals surface area contributed by atoms with E-state index in [4.69, 9.17) is 9.47 Å². The average Bonchev–Trinajstić information content (AvgIpc) is 2.85. The highest BCUT2D eigenvalue weighted by molar-refractivity contribution is 6.38. The van der Waals surface area contributed by atoms with Gasteiger partial charge in [0.15, 0.2) is 0 Å². The molecule has 0 radical (unpaired) electrons. The maximum atomic E-state index is 5.33. The summed E-state index contributed by atoms with van der Waals surface area (Å²) in [5, 5.41) is 0. The Morgan fingerprint density at radius 2 is 2.06 bits per heavy atom. The second-order valence-corrected chi connectivity index (χ2v) is 6.67. The summed E-state index contributed by atoms with van der Waals surface area (Å²) in [4.78, 5) is 4.06. The fourth-order valence-electron chi connectivity index (χ4n) is 2.10. The molecule has 0 fully saturated rings. The summed E-state index contributed by atoms with van der Waals surface area (Å²) in [5.41, 5.74) is 0.785. The quantitative estimate of drug-likeness (QED) is 0.497. The number of hydrogen-bond acceptors (Lipinski definition) is 3. The van der Waals surface area contributed by atoms with E-state index in [-0.39, 0.29) is 15.4 Å². The lowest BCUT2D eigenvalue weighted by Crippen LogP contribution is -2.26. The van der Waals surface area contributed by atoms with Crippen molar-refractivity contribution in [3.8, 4) is 0 Å². The minimum Gasteiger partial charge on any atom is -0.360 e. The Labute approximate surface area is 106 Å². The van der Waals surface area contributed by atoms with Crippen molar-refractivity contribution in [1.29, 1.82) is 0 Å². The van der Waals surface area contributed by atoms with E-state index in [1.165, 1.54) is 19.3 Å². The lowest BCUT2D eigenvalue weighted by atomic mass is 10.2. The van der Waals surface area contributed by atoms with Gasteiger partial charge >= 0.3 is 0 Å². The van der Waals surface area contributed by atoms with E-state index >= 15 is 0 Å². The molecule has 0 saturated heterocycles. The first-order valence-corrected chi connectivity index (χ1v) is 7.94. The Morgan fingerprint density at radius 1 is 1.29 bits per heavy atom. The summed E-state index contributed by atoms with van der Waals surface area (Å²) < 4.78 is 12.8. The number of rotatable bonds is 9. The molecule has 1 aromatic rings. The van der Waals surface area contributed by atoms with E-state index in [1.807, 2.05) is 18.7 Å². The highest BCUT2D eigenvalue weighted by Gasteiger charge is 2.16. The van der Waals surface area contributed by atoms with Crippen molar-refractivity contribution >= 4 is 9.52 Å². The lowest BCUT2D eigenvalue weighted by Gasteiger charge is -2.20. The van der Waals surface area contributed by atoms with Crippen LogP contribution < -0.4 is 0 Å². The van der Waals surface area contributed by atoms with Gasteiger partial charge in [-0.25, -0.2) is 4.98 Å². The summed E-state index contributed by atoms with van der Waals surface area (Å²) >= 11 is 0. The van der Waals surface area contributed by atoms with E-state index in [9.17, 15) is 0 Å². The zero-order valence-corrected chi connectivity index (χ0v) is 12.5. The van der Waals surface area contributed by atoms with Crippen LogP contribution in [0.1, 0.15) is 26.2 Å². The maximum Gasteiger partial charge on any atom is 0.134 e. The normalized spacial score (nSPS) is 13.9. The molecule has 0 amide bonds. The van der Waals surface area contributed by atoms with Crippen molar-refractivity contribution in [2.24, 2.45) is 0 Å². The van der Waals surface area contributed by atoms with Crippen LogP contribution in [0, 0.1) is 0 Å². The molecule has 0 aliphatic heterocycles. The first-order chi connectivity index (χ1) is 8.30. The predicted octanol–water partition coefficient (Wildman–Crippen LogP) is 1.61. The molecule has 1 unspecified atom stereocenters. The van der Waals surface area contributed by atoms with Crippen molar-refractivity contribution in [1.82, 2.24) is 9.55 Å². The second-order valence-electron chi connectivity index (χ2n) is 4.38. The molecule has 0 N–H and O–H groups in total. The van der Waals surface area contributed by atoms with Gasteiger partial charge in [0.25, 0.3) is 0 Å². The second kappa shape index (κ2) is 8.44. The van der Waals surface area contributed by atoms with Crippen LogP contribution in [0.2, 0.25) is 5.54 Å². The van der Waals surface area contributed by atoms with Crippen LogP contribution in [0.5, 0.6) is 0 Å². The molecule has 1 heterocycles. The molecule has 0 aliphatic rings. The Hall–Kier alpha value is -0.653. The third-order valence-electron chi connectivity index (χ3n) is 3.10. The van der Waals surface area contributed by atoms with Crippen molar-refractivity contribution < 1.29 is 9.47 Å². The van der Waals surface area contributed by atoms with Crippen molar-refractivity contribution in [2.75, 3.05) is 14.2 Å². The Kier molecular flexibility index (Phi) is 7.15. The van der Waals surface area contributed by atoms with Gasteiger partial charge in [0.05, 0.1) is 15.8 Å². The van der Waals surface area contributed by atoms with Gasteiger partial charge in [-0.1, -0.05) is 19.8 Å². The van der Waals surface area contributed by atoms with Crippen molar-refractivity contribution in [2.45, 2.75) is 44.2 Å². The molecule has 1 atom stereocenters. The van der Waals surface area contributed by atoms with Crippen LogP contribution in [0.4, 0.5) is 0 Å². The van der Waals surface area contributed by atoms with Crippen LogP contribution in [-0.4, -0.2) is 39.2 Å². The van der Waals surface area contributed by atoms with Gasteiger partial charge in [0.2, 0.25) is 0 Å². The van der Waals surface area contributed by atoms with Crippen molar-refractivity contribution in [3.05, 3.63) is 18.7 Å². The topological polar surface area (TPSA) is 36.3 Å². The van der Waals surface area contributed by atoms with Gasteiger partial charge < -0.3 is 14.0 Å². The summed E-state index contributed by atoms with van der Waals surface area (Å²) in [5.74, 6) is 0.0642. The standard InChI is InChI=1S/C12H24N2O2Si/c1-4-5-11(17-12(15-2)16-3)6-8-14-9-7-13-10-14/h7,9-12H,4-6,8,17H2,1-3H3. The van der Waals surface area contributed by atoms with Gasteiger partial charge in [-0.3, -0.25) is 0 Å². The summed E-state index contributed by atoms with van der Waals surface area (Å²) in [6, 6.07) is 0. The van der Waals surface area contributed by atoms with Gasteiger partial charge in [-0.2, -0.15) is 0 Å². The van der Waals surface area contributed by atoms with Crippen LogP contribution in [-0.2, 0) is 16.0 Å². The SMILES string of the molecule is CCCC(CCn1ccnc1)[SiH2]C(OC)OC. The predicted molar refractivity (Wildman–Crippen MR) is 71.9 cm³/mol. The zero-order chi connectivity index (χ0) is 12.5. The molecule has 0 aliphatic carbocycles. The third-order valence-corrected chi connectivity index (χ3v) is 5.64. The minimum absolute atomic E-state index is 0.0642. The highest BCUT2D eigenvalue weighted by atomic mass is 28.2. The number of hydrogen-bond donors (Lipinski definition) is 0. The van der Waals surface area contributed by atoms with Gasteiger partial charge in [0.1, 0.15) is 5.91 Å². The Balaban J connectivity index is 2.36. The number of methoxy groups -OCH3 is 2. The monoisotopic (exact) mass is 256 g/mol. The van der Waals surface area contributed by atoms with E-state index < -0.39 is 0 Å². The van der Waals surface area contributed by atoms with Crippen LogP contribution in [0.3, 0.4) is 0 Å². The van der Waals surface area contributed by atoms with E-state index in [1.54, 1.807) is 14.2 Å². The largest absolute Gasteiger partial charge is 0.360 e. The molecule has 5 heteroatoms. The molecule has 1 aromatic heterocycles. The molecule has 0 aromatic carbocycles. The fourth-order valence-corrected chi connectivity index (χ4v) is 4.09. The first kappa shape index (κ1) is 14.4. The number of imidazole rings is 1. The zero-order valence-electron chi connectivity index (χ0n) is 11.1. The summed E-state index contributed by atoms with van der Waals surface area (Å²) in [7, 11) is 3.12. The molecule has 4 nitrogen and oxygen atoms in total. The molecule has 0 saturated carbocycles. The number of nitrogens with zero attached hydrogens (tertiary/aromatic N) is 2. The molecule has 0 bridgehead atoms. The van der Waals surface area contributed by atoms with E-state index in [2.05, 4.69) is 16.5 Å². The lowest BCUT2D eigenvalue weighted by molar-refractivity contribution is -0.0450. The molecule has 0 spiro atoms. The number of aromatic nitrogens is 2. The van der Waals surface area contributed by atoms with Gasteiger partial charge in [-0.15, -0.1) is 0 Å². The third kappa shape index (κ3) is 5.47. The van der Waals surface area contributed by atoms with E-state index in [0.29, 0.717) is 0 Å². The van der Waals surface area contributed by atoms with Crippen molar-refractivity contribution in [3.63, 3.8) is 0 Å². The molecule has 1 rings (SSSR count). The molecule has 98 valence electrons. The Bertz CT molecular complexity index is 276. The average molecular weight is 256 g/mol. The van der Waals surface area contributed by atoms with Crippen LogP contribution in [0.25, 0.3) is 0 Å². The molecular formula is C12H24N2O2Si. The summed E-state index contributed by atoms with van der Waals surface area (Å²) in [6.07, 6.45) is 9.47. The fraction of sp³-hybridized carbons (Fsp3) is 0.750. The summed E-state index contributed by atoms with van der Waals surface area (Å²) in [6.45, 7) is 3.30. The Morgan fingerprint density at radius 3 is 2.59 bits per heavy atom.